The highest BCUT2D eigenvalue weighted by Gasteiger charge is 2.19. The van der Waals surface area contributed by atoms with Crippen LogP contribution in [-0.4, -0.2) is 35.0 Å². The first-order valence-corrected chi connectivity index (χ1v) is 10.0. The summed E-state index contributed by atoms with van der Waals surface area (Å²) in [6, 6.07) is 10.9. The molecule has 0 aliphatic heterocycles. The first kappa shape index (κ1) is 19.9. The normalized spacial score (nSPS) is 11.9. The number of thiophene rings is 1. The summed E-state index contributed by atoms with van der Waals surface area (Å²) in [5, 5.41) is 13.0. The van der Waals surface area contributed by atoms with Gasteiger partial charge in [0.1, 0.15) is 0 Å². The van der Waals surface area contributed by atoms with E-state index in [-0.39, 0.29) is 18.2 Å². The van der Waals surface area contributed by atoms with E-state index in [1.54, 1.807) is 24.3 Å². The molecule has 2 N–H and O–H groups in total. The fourth-order valence-corrected chi connectivity index (χ4v) is 3.60. The van der Waals surface area contributed by atoms with E-state index >= 15 is 0 Å². The molecule has 8 heteroatoms. The average molecular weight is 399 g/mol. The number of hydrogen-bond donors (Lipinski definition) is 2. The maximum absolute atomic E-state index is 12.5. The Balaban J connectivity index is 1.64. The van der Waals surface area contributed by atoms with Crippen molar-refractivity contribution in [1.82, 2.24) is 10.2 Å². The first-order chi connectivity index (χ1) is 13.6. The van der Waals surface area contributed by atoms with Gasteiger partial charge in [0.25, 0.3) is 17.7 Å². The van der Waals surface area contributed by atoms with Crippen LogP contribution in [0.4, 0.5) is 5.69 Å². The summed E-state index contributed by atoms with van der Waals surface area (Å²) in [5.74, 6) is 0.764. The van der Waals surface area contributed by atoms with Crippen molar-refractivity contribution in [3.8, 4) is 10.8 Å². The molecule has 0 spiro atoms. The van der Waals surface area contributed by atoms with E-state index in [9.17, 15) is 9.59 Å². The lowest BCUT2D eigenvalue weighted by atomic mass is 10.1. The quantitative estimate of drug-likeness (QED) is 0.540. The molecule has 1 amide bonds. The Bertz CT molecular complexity index is 937. The minimum absolute atomic E-state index is 0.0828. The van der Waals surface area contributed by atoms with Crippen LogP contribution in [0.2, 0.25) is 0 Å². The van der Waals surface area contributed by atoms with Crippen LogP contribution in [0, 0.1) is 0 Å². The fourth-order valence-electron chi connectivity index (χ4n) is 2.95. The summed E-state index contributed by atoms with van der Waals surface area (Å²) in [6.07, 6.45) is 0.915. The average Bonchev–Trinajstić information content (AvgIpc) is 3.33. The van der Waals surface area contributed by atoms with Gasteiger partial charge in [-0.05, 0) is 36.9 Å². The summed E-state index contributed by atoms with van der Waals surface area (Å²) < 4.78 is 5.75. The van der Waals surface area contributed by atoms with E-state index in [1.807, 2.05) is 17.5 Å². The van der Waals surface area contributed by atoms with Gasteiger partial charge in [0.2, 0.25) is 0 Å². The van der Waals surface area contributed by atoms with E-state index in [4.69, 9.17) is 4.42 Å². The summed E-state index contributed by atoms with van der Waals surface area (Å²) >= 11 is 1.54. The number of carbonyl (C=O) groups is 2. The zero-order chi connectivity index (χ0) is 19.9. The second kappa shape index (κ2) is 9.38. The van der Waals surface area contributed by atoms with Crippen molar-refractivity contribution >= 4 is 28.7 Å². The smallest absolute Gasteiger partial charge is 0.279 e. The van der Waals surface area contributed by atoms with E-state index in [0.717, 1.165) is 22.7 Å². The van der Waals surface area contributed by atoms with Crippen LogP contribution in [0.5, 0.6) is 0 Å². The molecule has 3 rings (SSSR count). The van der Waals surface area contributed by atoms with E-state index < -0.39 is 0 Å². The molecular weight excluding hydrogens is 376 g/mol. The third-order valence-electron chi connectivity index (χ3n) is 4.19. The highest BCUT2D eigenvalue weighted by molar-refractivity contribution is 7.13. The van der Waals surface area contributed by atoms with Gasteiger partial charge >= 0.3 is 0 Å². The topological polar surface area (TPSA) is 89.5 Å². The predicted molar refractivity (Wildman–Crippen MR) is 107 cm³/mol. The highest BCUT2D eigenvalue weighted by atomic mass is 32.1. The largest absolute Gasteiger partial charge is 0.414 e. The molecule has 0 saturated heterocycles. The number of ketones is 1. The van der Waals surface area contributed by atoms with Crippen LogP contribution >= 0.6 is 11.3 Å². The highest BCUT2D eigenvalue weighted by Crippen LogP contribution is 2.22. The van der Waals surface area contributed by atoms with E-state index in [1.165, 1.54) is 18.3 Å². The number of carbonyl (C=O) groups excluding carboxylic acids is 2. The number of anilines is 1. The van der Waals surface area contributed by atoms with E-state index in [0.29, 0.717) is 29.6 Å². The second-order valence-electron chi connectivity index (χ2n) is 6.48. The maximum atomic E-state index is 12.5. The van der Waals surface area contributed by atoms with Gasteiger partial charge in [0, 0.05) is 5.56 Å². The molecule has 146 valence electrons. The third-order valence-corrected chi connectivity index (χ3v) is 5.05. The zero-order valence-corrected chi connectivity index (χ0v) is 16.7. The lowest BCUT2D eigenvalue weighted by Crippen LogP contribution is -3.11. The van der Waals surface area contributed by atoms with Gasteiger partial charge in [-0.25, -0.2) is 0 Å². The van der Waals surface area contributed by atoms with Gasteiger partial charge in [-0.2, -0.15) is 0 Å². The standard InChI is InChI=1S/C20H22N4O3S/c1-3-10-24(13-19-22-23-20(27-19)17-9-6-11-28-17)12-18(26)21-16-8-5-4-7-15(16)14(2)25/h4-9,11H,3,10,12-13H2,1-2H3,(H,21,26)/p+1. The lowest BCUT2D eigenvalue weighted by molar-refractivity contribution is -0.907. The lowest BCUT2D eigenvalue weighted by Gasteiger charge is -2.17. The number of nitrogens with zero attached hydrogens (tertiary/aromatic N) is 2. The van der Waals surface area contributed by atoms with Crippen LogP contribution in [0.3, 0.4) is 0 Å². The van der Waals surface area contributed by atoms with Gasteiger partial charge in [0.05, 0.1) is 17.1 Å². The van der Waals surface area contributed by atoms with Crippen molar-refractivity contribution in [1.29, 1.82) is 0 Å². The summed E-state index contributed by atoms with van der Waals surface area (Å²) in [4.78, 5) is 26.2. The third kappa shape index (κ3) is 5.11. The Labute approximate surface area is 167 Å². The van der Waals surface area contributed by atoms with Crippen molar-refractivity contribution in [2.45, 2.75) is 26.8 Å². The molecule has 0 aliphatic rings. The SMILES string of the molecule is CCC[NH+](CC(=O)Nc1ccccc1C(C)=O)Cc1nnc(-c2cccs2)o1. The summed E-state index contributed by atoms with van der Waals surface area (Å²) in [5.41, 5.74) is 1.04. The van der Waals surface area contributed by atoms with Gasteiger partial charge in [-0.1, -0.05) is 25.1 Å². The molecule has 0 saturated carbocycles. The molecule has 0 fully saturated rings. The number of amides is 1. The minimum atomic E-state index is -0.157. The Morgan fingerprint density at radius 2 is 2.00 bits per heavy atom. The molecule has 1 unspecified atom stereocenters. The summed E-state index contributed by atoms with van der Waals surface area (Å²) in [7, 11) is 0. The van der Waals surface area contributed by atoms with Crippen molar-refractivity contribution in [3.63, 3.8) is 0 Å². The summed E-state index contributed by atoms with van der Waals surface area (Å²) in [6.45, 7) is 5.05. The number of quaternary nitrogens is 1. The molecule has 7 nitrogen and oxygen atoms in total. The fraction of sp³-hybridized carbons (Fsp3) is 0.300. The molecule has 0 bridgehead atoms. The van der Waals surface area contributed by atoms with Crippen LogP contribution in [-0.2, 0) is 11.3 Å². The second-order valence-corrected chi connectivity index (χ2v) is 7.43. The van der Waals surface area contributed by atoms with Gasteiger partial charge < -0.3 is 14.6 Å². The van der Waals surface area contributed by atoms with Crippen LogP contribution in [0.15, 0.2) is 46.2 Å². The molecule has 0 radical (unpaired) electrons. The number of aromatic nitrogens is 2. The number of para-hydroxylation sites is 1. The van der Waals surface area contributed by atoms with Crippen molar-refractivity contribution < 1.29 is 18.9 Å². The molecule has 28 heavy (non-hydrogen) atoms. The first-order valence-electron chi connectivity index (χ1n) is 9.16. The van der Waals surface area contributed by atoms with Gasteiger partial charge in [-0.15, -0.1) is 21.5 Å². The Hall–Kier alpha value is -2.84. The van der Waals surface area contributed by atoms with Crippen LogP contribution in [0.25, 0.3) is 10.8 Å². The Kier molecular flexibility index (Phi) is 6.67. The number of hydrogen-bond acceptors (Lipinski definition) is 6. The van der Waals surface area contributed by atoms with Crippen LogP contribution < -0.4 is 10.2 Å². The molecule has 2 heterocycles. The molecular formula is C20H23N4O3S+. The molecule has 2 aromatic heterocycles. The van der Waals surface area contributed by atoms with Crippen molar-refractivity contribution in [2.24, 2.45) is 0 Å². The van der Waals surface area contributed by atoms with Crippen molar-refractivity contribution in [3.05, 3.63) is 53.2 Å². The number of Topliss-reactive ketones (excluding diaryl/α,β-unsaturated/α-hetero) is 1. The molecule has 3 aromatic rings. The molecule has 0 aliphatic carbocycles. The molecule has 1 atom stereocenters. The van der Waals surface area contributed by atoms with Gasteiger partial charge in [0.15, 0.2) is 18.9 Å². The van der Waals surface area contributed by atoms with Crippen molar-refractivity contribution in [2.75, 3.05) is 18.4 Å². The Morgan fingerprint density at radius 1 is 1.18 bits per heavy atom. The predicted octanol–water partition coefficient (Wildman–Crippen LogP) is 2.43. The minimum Gasteiger partial charge on any atom is -0.414 e. The number of nitrogens with one attached hydrogen (secondary N) is 2. The maximum Gasteiger partial charge on any atom is 0.279 e. The van der Waals surface area contributed by atoms with Crippen LogP contribution in [0.1, 0.15) is 36.5 Å². The number of rotatable bonds is 9. The Morgan fingerprint density at radius 3 is 2.71 bits per heavy atom. The molecule has 1 aromatic carbocycles. The number of benzene rings is 1. The monoisotopic (exact) mass is 399 g/mol. The zero-order valence-electron chi connectivity index (χ0n) is 15.9. The van der Waals surface area contributed by atoms with E-state index in [2.05, 4.69) is 22.4 Å². The van der Waals surface area contributed by atoms with Gasteiger partial charge in [-0.3, -0.25) is 9.59 Å².